The summed E-state index contributed by atoms with van der Waals surface area (Å²) in [7, 11) is 0. The van der Waals surface area contributed by atoms with Crippen molar-refractivity contribution in [2.45, 2.75) is 37.2 Å². The molecule has 2 heterocycles. The van der Waals surface area contributed by atoms with Crippen LogP contribution < -0.4 is 5.32 Å². The number of imide groups is 1. The molecule has 1 aromatic carbocycles. The van der Waals surface area contributed by atoms with Crippen molar-refractivity contribution in [2.24, 2.45) is 0 Å². The molecule has 3 amide bonds. The van der Waals surface area contributed by atoms with Crippen LogP contribution in [0, 0.1) is 0 Å². The summed E-state index contributed by atoms with van der Waals surface area (Å²) in [6.45, 7) is 2.27. The maximum atomic E-state index is 12.1. The molecule has 6 nitrogen and oxygen atoms in total. The van der Waals surface area contributed by atoms with Crippen molar-refractivity contribution >= 4 is 30.5 Å². The predicted octanol–water partition coefficient (Wildman–Crippen LogP) is 1.98. The zero-order chi connectivity index (χ0) is 16.6. The first kappa shape index (κ1) is 15.9. The Morgan fingerprint density at radius 2 is 2.13 bits per heavy atom. The molecule has 0 aromatic heterocycles. The number of hydrogen-bond donors (Lipinski definition) is 2. The highest BCUT2D eigenvalue weighted by molar-refractivity contribution is 7.80. The van der Waals surface area contributed by atoms with E-state index in [2.05, 4.69) is 17.9 Å². The minimum absolute atomic E-state index is 0.0818. The van der Waals surface area contributed by atoms with Gasteiger partial charge in [-0.15, -0.1) is 0 Å². The van der Waals surface area contributed by atoms with Crippen LogP contribution in [0.2, 0.25) is 0 Å². The molecule has 0 aliphatic carbocycles. The molecule has 3 atom stereocenters. The van der Waals surface area contributed by atoms with E-state index in [-0.39, 0.29) is 17.6 Å². The Kier molecular flexibility index (Phi) is 4.30. The molecule has 0 radical (unpaired) electrons. The second kappa shape index (κ2) is 6.23. The van der Waals surface area contributed by atoms with Crippen LogP contribution in [0.4, 0.5) is 4.79 Å². The number of ether oxygens (including phenoxy) is 1. The lowest BCUT2D eigenvalue weighted by Crippen LogP contribution is -2.52. The normalized spacial score (nSPS) is 26.0. The van der Waals surface area contributed by atoms with Gasteiger partial charge in [-0.2, -0.15) is 12.6 Å². The van der Waals surface area contributed by atoms with E-state index < -0.39 is 24.1 Å². The Bertz CT molecular complexity index is 661. The van der Waals surface area contributed by atoms with Crippen LogP contribution in [-0.2, 0) is 14.3 Å². The van der Waals surface area contributed by atoms with E-state index in [0.29, 0.717) is 13.0 Å². The lowest BCUT2D eigenvalue weighted by atomic mass is 10.0. The Morgan fingerprint density at radius 3 is 2.83 bits per heavy atom. The number of nitrogens with one attached hydrogen (secondary N) is 1. The number of amides is 3. The summed E-state index contributed by atoms with van der Waals surface area (Å²) >= 11 is 4.41. The third-order valence-corrected chi connectivity index (χ3v) is 4.49. The number of piperidine rings is 1. The van der Waals surface area contributed by atoms with Gasteiger partial charge in [0.25, 0.3) is 0 Å². The van der Waals surface area contributed by atoms with Gasteiger partial charge in [0.1, 0.15) is 12.1 Å². The molecule has 0 saturated carbocycles. The number of benzene rings is 1. The third-order valence-electron chi connectivity index (χ3n) is 4.19. The quantitative estimate of drug-likeness (QED) is 0.655. The third kappa shape index (κ3) is 3.19. The molecule has 2 aliphatic rings. The molecule has 3 rings (SSSR count). The van der Waals surface area contributed by atoms with E-state index >= 15 is 0 Å². The van der Waals surface area contributed by atoms with Gasteiger partial charge < -0.3 is 4.74 Å². The van der Waals surface area contributed by atoms with Gasteiger partial charge >= 0.3 is 6.09 Å². The molecule has 2 saturated heterocycles. The molecule has 2 fully saturated rings. The summed E-state index contributed by atoms with van der Waals surface area (Å²) in [5, 5.41) is 2.35. The van der Waals surface area contributed by atoms with Crippen LogP contribution in [0.15, 0.2) is 24.3 Å². The molecule has 0 bridgehead atoms. The molecule has 23 heavy (non-hydrogen) atoms. The fourth-order valence-electron chi connectivity index (χ4n) is 2.91. The topological polar surface area (TPSA) is 75.7 Å². The molecule has 2 unspecified atom stereocenters. The number of carbonyl (C=O) groups excluding carboxylic acids is 3. The van der Waals surface area contributed by atoms with Crippen molar-refractivity contribution in [3.63, 3.8) is 0 Å². The van der Waals surface area contributed by atoms with Gasteiger partial charge in [-0.1, -0.05) is 24.3 Å². The van der Waals surface area contributed by atoms with Crippen molar-refractivity contribution < 1.29 is 19.1 Å². The highest BCUT2D eigenvalue weighted by Crippen LogP contribution is 2.31. The fraction of sp³-hybridized carbons (Fsp3) is 0.438. The van der Waals surface area contributed by atoms with Gasteiger partial charge in [-0.3, -0.25) is 19.8 Å². The Hall–Kier alpha value is -2.02. The van der Waals surface area contributed by atoms with Crippen LogP contribution in [0.5, 0.6) is 0 Å². The predicted molar refractivity (Wildman–Crippen MR) is 85.9 cm³/mol. The maximum Gasteiger partial charge on any atom is 0.411 e. The average molecular weight is 334 g/mol. The monoisotopic (exact) mass is 334 g/mol. The molecule has 1 N–H and O–H groups in total. The standard InChI is InChI=1S/C16H18N2O4S/c1-9(23)10-3-2-4-11(7-10)13-8-18(16(21)22-13)12-5-6-14(19)17-15(12)20/h2-4,7,9,12-13,23H,5-6,8H2,1H3,(H,17,19,20)/t9?,12?,13-/m0/s1. The molecular formula is C16H18N2O4S. The Labute approximate surface area is 139 Å². The summed E-state index contributed by atoms with van der Waals surface area (Å²) in [6.07, 6.45) is -0.369. The van der Waals surface area contributed by atoms with Gasteiger partial charge in [0, 0.05) is 11.7 Å². The van der Waals surface area contributed by atoms with Crippen LogP contribution in [0.25, 0.3) is 0 Å². The highest BCUT2D eigenvalue weighted by Gasteiger charge is 2.41. The lowest BCUT2D eigenvalue weighted by molar-refractivity contribution is -0.136. The van der Waals surface area contributed by atoms with E-state index in [1.165, 1.54) is 4.90 Å². The second-order valence-electron chi connectivity index (χ2n) is 5.84. The molecule has 1 aromatic rings. The maximum absolute atomic E-state index is 12.1. The van der Waals surface area contributed by atoms with Crippen molar-refractivity contribution in [2.75, 3.05) is 6.54 Å². The first-order chi connectivity index (χ1) is 11.0. The Morgan fingerprint density at radius 1 is 1.35 bits per heavy atom. The van der Waals surface area contributed by atoms with Crippen LogP contribution >= 0.6 is 12.6 Å². The zero-order valence-electron chi connectivity index (χ0n) is 12.7. The van der Waals surface area contributed by atoms with Gasteiger partial charge in [-0.25, -0.2) is 4.79 Å². The molecular weight excluding hydrogens is 316 g/mol. The molecule has 2 aliphatic heterocycles. The van der Waals surface area contributed by atoms with Gasteiger partial charge in [-0.05, 0) is 24.5 Å². The minimum Gasteiger partial charge on any atom is -0.439 e. The molecule has 7 heteroatoms. The fourth-order valence-corrected chi connectivity index (χ4v) is 3.07. The molecule has 0 spiro atoms. The van der Waals surface area contributed by atoms with Crippen LogP contribution in [0.3, 0.4) is 0 Å². The number of hydrogen-bond acceptors (Lipinski definition) is 5. The summed E-state index contributed by atoms with van der Waals surface area (Å²) in [5.41, 5.74) is 1.92. The van der Waals surface area contributed by atoms with Crippen LogP contribution in [-0.4, -0.2) is 35.4 Å². The zero-order valence-corrected chi connectivity index (χ0v) is 13.6. The van der Waals surface area contributed by atoms with E-state index in [1.54, 1.807) is 0 Å². The number of rotatable bonds is 3. The molecule has 122 valence electrons. The minimum atomic E-state index is -0.641. The number of carbonyl (C=O) groups is 3. The SMILES string of the molecule is CC(S)c1cccc([C@@H]2CN(C3CCC(=O)NC3=O)C(=O)O2)c1. The second-order valence-corrected chi connectivity index (χ2v) is 6.61. The first-order valence-corrected chi connectivity index (χ1v) is 8.06. The average Bonchev–Trinajstić information content (AvgIpc) is 2.89. The summed E-state index contributed by atoms with van der Waals surface area (Å²) in [6, 6.07) is 7.09. The van der Waals surface area contributed by atoms with Gasteiger partial charge in [0.15, 0.2) is 0 Å². The highest BCUT2D eigenvalue weighted by atomic mass is 32.1. The summed E-state index contributed by atoms with van der Waals surface area (Å²) < 4.78 is 5.42. The number of thiol groups is 1. The van der Waals surface area contributed by atoms with E-state index in [0.717, 1.165) is 11.1 Å². The van der Waals surface area contributed by atoms with Crippen molar-refractivity contribution in [3.8, 4) is 0 Å². The largest absolute Gasteiger partial charge is 0.439 e. The van der Waals surface area contributed by atoms with Gasteiger partial charge in [0.05, 0.1) is 6.54 Å². The van der Waals surface area contributed by atoms with Crippen molar-refractivity contribution in [1.82, 2.24) is 10.2 Å². The Balaban J connectivity index is 1.76. The van der Waals surface area contributed by atoms with E-state index in [1.807, 2.05) is 31.2 Å². The van der Waals surface area contributed by atoms with Gasteiger partial charge in [0.2, 0.25) is 11.8 Å². The van der Waals surface area contributed by atoms with Crippen molar-refractivity contribution in [1.29, 1.82) is 0 Å². The van der Waals surface area contributed by atoms with Crippen LogP contribution in [0.1, 0.15) is 42.2 Å². The first-order valence-electron chi connectivity index (χ1n) is 7.54. The smallest absolute Gasteiger partial charge is 0.411 e. The summed E-state index contributed by atoms with van der Waals surface area (Å²) in [5.74, 6) is -0.734. The van der Waals surface area contributed by atoms with Crippen molar-refractivity contribution in [3.05, 3.63) is 35.4 Å². The van der Waals surface area contributed by atoms with E-state index in [4.69, 9.17) is 4.74 Å². The lowest BCUT2D eigenvalue weighted by Gasteiger charge is -2.27. The number of nitrogens with zero attached hydrogens (tertiary/aromatic N) is 1. The van der Waals surface area contributed by atoms with E-state index in [9.17, 15) is 14.4 Å². The summed E-state index contributed by atoms with van der Waals surface area (Å²) in [4.78, 5) is 36.7. The number of cyclic esters (lactones) is 1.